The molecule has 0 aromatic heterocycles. The molecule has 8 heteroatoms. The maximum atomic E-state index is 12.4. The molecule has 0 saturated carbocycles. The fraction of sp³-hybridized carbons (Fsp3) is 0.250. The molecule has 0 fully saturated rings. The van der Waals surface area contributed by atoms with Gasteiger partial charge in [0.25, 0.3) is 5.91 Å². The molecule has 0 radical (unpaired) electrons. The van der Waals surface area contributed by atoms with E-state index in [1.807, 2.05) is 6.92 Å². The van der Waals surface area contributed by atoms with Crippen molar-refractivity contribution in [2.24, 2.45) is 0 Å². The van der Waals surface area contributed by atoms with Crippen molar-refractivity contribution in [3.63, 3.8) is 0 Å². The van der Waals surface area contributed by atoms with Crippen LogP contribution in [0.1, 0.15) is 30.1 Å². The predicted octanol–water partition coefficient (Wildman–Crippen LogP) is 3.32. The molecule has 3 rings (SSSR count). The number of hydrogen-bond donors (Lipinski definition) is 3. The van der Waals surface area contributed by atoms with Crippen molar-refractivity contribution in [1.82, 2.24) is 5.32 Å². The fourth-order valence-electron chi connectivity index (χ4n) is 2.61. The number of hydrogen-bond acceptors (Lipinski definition) is 5. The van der Waals surface area contributed by atoms with E-state index in [1.54, 1.807) is 42.5 Å². The quantitative estimate of drug-likeness (QED) is 0.669. The van der Waals surface area contributed by atoms with Crippen LogP contribution in [0.3, 0.4) is 0 Å². The third kappa shape index (κ3) is 5.20. The summed E-state index contributed by atoms with van der Waals surface area (Å²) in [6.07, 6.45) is 1.28. The van der Waals surface area contributed by atoms with Crippen LogP contribution in [-0.2, 0) is 4.79 Å². The topological polar surface area (TPSA) is 88.7 Å². The zero-order chi connectivity index (χ0) is 19.9. The average Bonchev–Trinajstić information content (AvgIpc) is 2.69. The third-order valence-corrected chi connectivity index (χ3v) is 4.14. The highest BCUT2D eigenvalue weighted by molar-refractivity contribution is 7.80. The van der Waals surface area contributed by atoms with Crippen molar-refractivity contribution in [3.8, 4) is 11.5 Å². The second kappa shape index (κ2) is 9.18. The molecule has 28 heavy (non-hydrogen) atoms. The van der Waals surface area contributed by atoms with Crippen LogP contribution in [0.25, 0.3) is 0 Å². The Bertz CT molecular complexity index is 884. The summed E-state index contributed by atoms with van der Waals surface area (Å²) in [6.45, 7) is 2.90. The van der Waals surface area contributed by atoms with E-state index in [0.29, 0.717) is 48.1 Å². The number of anilines is 2. The molecule has 2 aromatic rings. The average molecular weight is 399 g/mol. The van der Waals surface area contributed by atoms with Gasteiger partial charge in [0.1, 0.15) is 13.2 Å². The minimum atomic E-state index is -0.349. The molecule has 7 nitrogen and oxygen atoms in total. The van der Waals surface area contributed by atoms with E-state index in [-0.39, 0.29) is 16.9 Å². The van der Waals surface area contributed by atoms with Crippen LogP contribution in [0, 0.1) is 0 Å². The zero-order valence-corrected chi connectivity index (χ0v) is 16.2. The van der Waals surface area contributed by atoms with Gasteiger partial charge >= 0.3 is 0 Å². The molecule has 0 atom stereocenters. The molecule has 1 aliphatic heterocycles. The Kier molecular flexibility index (Phi) is 6.44. The molecule has 0 bridgehead atoms. The van der Waals surface area contributed by atoms with Crippen molar-refractivity contribution in [1.29, 1.82) is 0 Å². The van der Waals surface area contributed by atoms with Gasteiger partial charge in [0.05, 0.1) is 0 Å². The van der Waals surface area contributed by atoms with E-state index in [9.17, 15) is 9.59 Å². The van der Waals surface area contributed by atoms with Crippen LogP contribution in [0.15, 0.2) is 42.5 Å². The van der Waals surface area contributed by atoms with Crippen molar-refractivity contribution >= 4 is 40.5 Å². The van der Waals surface area contributed by atoms with E-state index >= 15 is 0 Å². The SMILES string of the molecule is CCCC(=O)Nc1ccc(NC(=S)NC(=O)c2ccc3c(c2)OCCO3)cc1. The number of carbonyl (C=O) groups is 2. The molecule has 0 saturated heterocycles. The smallest absolute Gasteiger partial charge is 0.257 e. The minimum absolute atomic E-state index is 0.0228. The minimum Gasteiger partial charge on any atom is -0.486 e. The third-order valence-electron chi connectivity index (χ3n) is 3.94. The molecular weight excluding hydrogens is 378 g/mol. The number of benzene rings is 2. The Hall–Kier alpha value is -3.13. The number of rotatable bonds is 5. The summed E-state index contributed by atoms with van der Waals surface area (Å²) in [5.41, 5.74) is 1.82. The normalized spacial score (nSPS) is 12.0. The Morgan fingerprint density at radius 1 is 0.964 bits per heavy atom. The van der Waals surface area contributed by atoms with Gasteiger partial charge < -0.3 is 20.1 Å². The number of amides is 2. The largest absolute Gasteiger partial charge is 0.486 e. The summed E-state index contributed by atoms with van der Waals surface area (Å²) in [7, 11) is 0. The number of carbonyl (C=O) groups excluding carboxylic acids is 2. The summed E-state index contributed by atoms with van der Waals surface area (Å²) in [5.74, 6) is 0.788. The first-order valence-corrected chi connectivity index (χ1v) is 9.38. The highest BCUT2D eigenvalue weighted by Crippen LogP contribution is 2.30. The standard InChI is InChI=1S/C20H21N3O4S/c1-2-3-18(24)21-14-5-7-15(8-6-14)22-20(28)23-19(25)13-4-9-16-17(12-13)27-11-10-26-16/h4-9,12H,2-3,10-11H2,1H3,(H,21,24)(H2,22,23,25,28). The van der Waals surface area contributed by atoms with Crippen LogP contribution in [-0.4, -0.2) is 30.1 Å². The van der Waals surface area contributed by atoms with Crippen LogP contribution >= 0.6 is 12.2 Å². The Labute approximate surface area is 168 Å². The van der Waals surface area contributed by atoms with Gasteiger partial charge in [0.15, 0.2) is 16.6 Å². The molecule has 1 aliphatic rings. The molecule has 0 spiro atoms. The summed E-state index contributed by atoms with van der Waals surface area (Å²) >= 11 is 5.20. The summed E-state index contributed by atoms with van der Waals surface area (Å²) in [4.78, 5) is 24.0. The Morgan fingerprint density at radius 2 is 1.61 bits per heavy atom. The van der Waals surface area contributed by atoms with E-state index in [0.717, 1.165) is 6.42 Å². The number of ether oxygens (including phenoxy) is 2. The van der Waals surface area contributed by atoms with Gasteiger partial charge in [-0.05, 0) is 61.1 Å². The lowest BCUT2D eigenvalue weighted by molar-refractivity contribution is -0.116. The van der Waals surface area contributed by atoms with Crippen LogP contribution in [0.5, 0.6) is 11.5 Å². The second-order valence-corrected chi connectivity index (χ2v) is 6.55. The van der Waals surface area contributed by atoms with Crippen LogP contribution < -0.4 is 25.4 Å². The van der Waals surface area contributed by atoms with E-state index < -0.39 is 0 Å². The highest BCUT2D eigenvalue weighted by Gasteiger charge is 2.15. The fourth-order valence-corrected chi connectivity index (χ4v) is 2.82. The van der Waals surface area contributed by atoms with Crippen LogP contribution in [0.4, 0.5) is 11.4 Å². The molecule has 0 unspecified atom stereocenters. The monoisotopic (exact) mass is 399 g/mol. The van der Waals surface area contributed by atoms with Crippen molar-refractivity contribution < 1.29 is 19.1 Å². The summed E-state index contributed by atoms with van der Waals surface area (Å²) in [5, 5.41) is 8.55. The van der Waals surface area contributed by atoms with Gasteiger partial charge in [0, 0.05) is 23.4 Å². The van der Waals surface area contributed by atoms with E-state index in [1.165, 1.54) is 0 Å². The van der Waals surface area contributed by atoms with E-state index in [2.05, 4.69) is 16.0 Å². The second-order valence-electron chi connectivity index (χ2n) is 6.14. The van der Waals surface area contributed by atoms with E-state index in [4.69, 9.17) is 21.7 Å². The van der Waals surface area contributed by atoms with Gasteiger partial charge in [0.2, 0.25) is 5.91 Å². The maximum absolute atomic E-state index is 12.4. The van der Waals surface area contributed by atoms with Crippen molar-refractivity contribution in [3.05, 3.63) is 48.0 Å². The molecule has 3 N–H and O–H groups in total. The lowest BCUT2D eigenvalue weighted by Gasteiger charge is -2.18. The molecule has 2 aromatic carbocycles. The Morgan fingerprint density at radius 3 is 2.29 bits per heavy atom. The lowest BCUT2D eigenvalue weighted by Crippen LogP contribution is -2.34. The van der Waals surface area contributed by atoms with Crippen LogP contribution in [0.2, 0.25) is 0 Å². The first-order valence-electron chi connectivity index (χ1n) is 8.97. The summed E-state index contributed by atoms with van der Waals surface area (Å²) in [6, 6.07) is 12.0. The summed E-state index contributed by atoms with van der Waals surface area (Å²) < 4.78 is 10.9. The van der Waals surface area contributed by atoms with Gasteiger partial charge in [-0.1, -0.05) is 6.92 Å². The first-order chi connectivity index (χ1) is 13.5. The molecule has 2 amide bonds. The predicted molar refractivity (Wildman–Crippen MR) is 111 cm³/mol. The van der Waals surface area contributed by atoms with Gasteiger partial charge in [-0.15, -0.1) is 0 Å². The first kappa shape index (κ1) is 19.6. The number of fused-ring (bicyclic) bond motifs is 1. The Balaban J connectivity index is 1.55. The molecule has 1 heterocycles. The van der Waals surface area contributed by atoms with Crippen molar-refractivity contribution in [2.45, 2.75) is 19.8 Å². The zero-order valence-electron chi connectivity index (χ0n) is 15.4. The number of thiocarbonyl (C=S) groups is 1. The molecule has 0 aliphatic carbocycles. The highest BCUT2D eigenvalue weighted by atomic mass is 32.1. The maximum Gasteiger partial charge on any atom is 0.257 e. The van der Waals surface area contributed by atoms with Gasteiger partial charge in [-0.3, -0.25) is 14.9 Å². The molecule has 146 valence electrons. The molecular formula is C20H21N3O4S. The van der Waals surface area contributed by atoms with Gasteiger partial charge in [-0.25, -0.2) is 0 Å². The number of nitrogens with one attached hydrogen (secondary N) is 3. The van der Waals surface area contributed by atoms with Gasteiger partial charge in [-0.2, -0.15) is 0 Å². The van der Waals surface area contributed by atoms with Crippen molar-refractivity contribution in [2.75, 3.05) is 23.8 Å². The lowest BCUT2D eigenvalue weighted by atomic mass is 10.2.